The van der Waals surface area contributed by atoms with Gasteiger partial charge < -0.3 is 23.4 Å². The minimum absolute atomic E-state index is 0.0219. The molecular weight excluding hydrogens is 693 g/mol. The first-order valence-electron chi connectivity index (χ1n) is 20.9. The molecule has 0 aromatic rings. The highest BCUT2D eigenvalue weighted by atomic mass is 28.4. The van der Waals surface area contributed by atoms with Gasteiger partial charge in [0.25, 0.3) is 0 Å². The third-order valence-corrected chi connectivity index (χ3v) is 23.1. The molecule has 3 aliphatic carbocycles. The molecule has 0 aromatic carbocycles. The van der Waals surface area contributed by atoms with Gasteiger partial charge in [0, 0.05) is 6.42 Å². The summed E-state index contributed by atoms with van der Waals surface area (Å²) in [5.41, 5.74) is 3.11. The van der Waals surface area contributed by atoms with Crippen molar-refractivity contribution in [1.29, 1.82) is 0 Å². The number of aliphatic hydroxyl groups excluding tert-OH is 1. The Morgan fingerprint density at radius 2 is 1.58 bits per heavy atom. The standard InChI is InChI=1S/C45H80O6Si2/c1-17-18-19-29-48-41(47)49-44(10,11)40(46)27-22-32(2)37-25-26-38-34(21-20-28-45(37,38)12)23-24-35-30-36(50-52(13,14)42(4,5)6)31-39(33(35)3)51-53(15,16)43(7,8)9/h22-24,27,32,36-40,46H,3,17-21,25-26,28-31H2,1-2,4-16H3/b27-22+,34-23+,35-24-/t32-,36-,37-,38+,39+,40+,45-/m1/s1. The summed E-state index contributed by atoms with van der Waals surface area (Å²) in [6, 6.07) is 0. The molecule has 0 heterocycles. The molecule has 0 spiro atoms. The molecule has 7 atom stereocenters. The van der Waals surface area contributed by atoms with E-state index in [1.54, 1.807) is 19.4 Å². The number of unbranched alkanes of at least 4 members (excludes halogenated alkanes) is 2. The van der Waals surface area contributed by atoms with E-state index in [1.807, 2.05) is 6.08 Å². The van der Waals surface area contributed by atoms with Crippen LogP contribution in [0.1, 0.15) is 140 Å². The van der Waals surface area contributed by atoms with E-state index in [-0.39, 0.29) is 33.6 Å². The summed E-state index contributed by atoms with van der Waals surface area (Å²) in [5, 5.41) is 11.3. The molecule has 3 fully saturated rings. The Balaban J connectivity index is 1.80. The number of hydrogen-bond donors (Lipinski definition) is 1. The summed E-state index contributed by atoms with van der Waals surface area (Å²) < 4.78 is 25.0. The second-order valence-corrected chi connectivity index (χ2v) is 30.1. The Hall–Kier alpha value is -1.46. The van der Waals surface area contributed by atoms with E-state index in [2.05, 4.69) is 113 Å². The van der Waals surface area contributed by atoms with Crippen LogP contribution in [0.4, 0.5) is 4.79 Å². The predicted octanol–water partition coefficient (Wildman–Crippen LogP) is 12.9. The van der Waals surface area contributed by atoms with Gasteiger partial charge >= 0.3 is 6.16 Å². The lowest BCUT2D eigenvalue weighted by Crippen LogP contribution is -2.49. The summed E-state index contributed by atoms with van der Waals surface area (Å²) in [6.07, 6.45) is 17.8. The van der Waals surface area contributed by atoms with Crippen LogP contribution >= 0.6 is 0 Å². The Labute approximate surface area is 327 Å². The lowest BCUT2D eigenvalue weighted by Gasteiger charge is -2.45. The van der Waals surface area contributed by atoms with Crippen molar-refractivity contribution in [1.82, 2.24) is 0 Å². The first kappa shape index (κ1) is 45.9. The van der Waals surface area contributed by atoms with Crippen LogP contribution in [-0.4, -0.2) is 58.4 Å². The zero-order valence-electron chi connectivity index (χ0n) is 36.7. The smallest absolute Gasteiger partial charge is 0.434 e. The number of hydrogen-bond acceptors (Lipinski definition) is 6. The minimum Gasteiger partial charge on any atom is -0.434 e. The molecule has 0 aromatic heterocycles. The Morgan fingerprint density at radius 3 is 2.19 bits per heavy atom. The Kier molecular flexibility index (Phi) is 15.4. The van der Waals surface area contributed by atoms with Crippen molar-refractivity contribution in [2.75, 3.05) is 6.61 Å². The second-order valence-electron chi connectivity index (χ2n) is 20.6. The van der Waals surface area contributed by atoms with Crippen LogP contribution in [0.25, 0.3) is 0 Å². The first-order chi connectivity index (χ1) is 24.3. The number of ether oxygens (including phenoxy) is 2. The van der Waals surface area contributed by atoms with Crippen molar-refractivity contribution in [3.05, 3.63) is 47.6 Å². The van der Waals surface area contributed by atoms with Crippen LogP contribution in [-0.2, 0) is 18.3 Å². The first-order valence-corrected chi connectivity index (χ1v) is 26.7. The highest BCUT2D eigenvalue weighted by molar-refractivity contribution is 6.74. The molecule has 0 radical (unpaired) electrons. The summed E-state index contributed by atoms with van der Waals surface area (Å²) in [7, 11) is -4.00. The molecule has 3 aliphatic rings. The maximum atomic E-state index is 12.3. The molecule has 53 heavy (non-hydrogen) atoms. The number of aliphatic hydroxyl groups is 1. The van der Waals surface area contributed by atoms with Crippen LogP contribution < -0.4 is 0 Å². The maximum absolute atomic E-state index is 12.3. The fourth-order valence-corrected chi connectivity index (χ4v) is 11.0. The molecule has 3 saturated carbocycles. The fourth-order valence-electron chi connectivity index (χ4n) is 8.37. The fraction of sp³-hybridized carbons (Fsp3) is 0.800. The molecular formula is C45H80O6Si2. The van der Waals surface area contributed by atoms with Gasteiger partial charge in [-0.15, -0.1) is 0 Å². The summed E-state index contributed by atoms with van der Waals surface area (Å²) >= 11 is 0. The van der Waals surface area contributed by atoms with Crippen LogP contribution in [0.15, 0.2) is 47.6 Å². The van der Waals surface area contributed by atoms with Gasteiger partial charge in [-0.25, -0.2) is 4.79 Å². The van der Waals surface area contributed by atoms with Crippen LogP contribution in [0.5, 0.6) is 0 Å². The number of rotatable bonds is 14. The second kappa shape index (κ2) is 17.8. The monoisotopic (exact) mass is 773 g/mol. The van der Waals surface area contributed by atoms with Gasteiger partial charge in [0.1, 0.15) is 11.7 Å². The molecule has 0 saturated heterocycles. The molecule has 0 unspecified atom stereocenters. The van der Waals surface area contributed by atoms with Gasteiger partial charge in [-0.2, -0.15) is 0 Å². The van der Waals surface area contributed by atoms with Crippen molar-refractivity contribution in [3.63, 3.8) is 0 Å². The molecule has 6 nitrogen and oxygen atoms in total. The third-order valence-electron chi connectivity index (χ3n) is 14.0. The van der Waals surface area contributed by atoms with Crippen molar-refractivity contribution in [3.8, 4) is 0 Å². The van der Waals surface area contributed by atoms with E-state index in [0.29, 0.717) is 18.4 Å². The largest absolute Gasteiger partial charge is 0.508 e. The van der Waals surface area contributed by atoms with E-state index < -0.39 is 34.5 Å². The normalized spacial score (nSPS) is 29.1. The highest BCUT2D eigenvalue weighted by Gasteiger charge is 2.50. The molecule has 304 valence electrons. The zero-order chi connectivity index (χ0) is 40.2. The number of allylic oxidation sites excluding steroid dienone is 4. The van der Waals surface area contributed by atoms with Gasteiger partial charge in [0.15, 0.2) is 16.6 Å². The SMILES string of the molecule is C=C1/C(=C\C=C2/CCC[C@]3(C)[C@@H]([C@H](C)/C=C/[C@H](O)C(C)(C)OC(=O)OCCCCC)CC[C@@H]23)C[C@@H](O[Si](C)(C)C(C)(C)C)C[C@@H]1O[Si](C)(C)C(C)(C)C. The average molecular weight is 773 g/mol. The Morgan fingerprint density at radius 1 is 0.962 bits per heavy atom. The molecule has 0 aliphatic heterocycles. The number of fused-ring (bicyclic) bond motifs is 1. The summed E-state index contributed by atoms with van der Waals surface area (Å²) in [4.78, 5) is 12.3. The maximum Gasteiger partial charge on any atom is 0.508 e. The molecule has 8 heteroatoms. The molecule has 1 N–H and O–H groups in total. The van der Waals surface area contributed by atoms with E-state index in [0.717, 1.165) is 50.5 Å². The number of carbonyl (C=O) groups is 1. The van der Waals surface area contributed by atoms with Gasteiger partial charge in [0.2, 0.25) is 0 Å². The van der Waals surface area contributed by atoms with Crippen molar-refractivity contribution >= 4 is 22.8 Å². The van der Waals surface area contributed by atoms with Crippen LogP contribution in [0, 0.1) is 23.2 Å². The van der Waals surface area contributed by atoms with Crippen molar-refractivity contribution < 1.29 is 28.2 Å². The molecule has 3 rings (SSSR count). The lowest BCUT2D eigenvalue weighted by atomic mass is 9.61. The van der Waals surface area contributed by atoms with E-state index in [4.69, 9.17) is 18.3 Å². The van der Waals surface area contributed by atoms with Crippen LogP contribution in [0.2, 0.25) is 36.3 Å². The van der Waals surface area contributed by atoms with E-state index in [1.165, 1.54) is 24.8 Å². The highest BCUT2D eigenvalue weighted by Crippen LogP contribution is 2.59. The van der Waals surface area contributed by atoms with Crippen molar-refractivity contribution in [2.24, 2.45) is 23.2 Å². The average Bonchev–Trinajstić information content (AvgIpc) is 3.38. The van der Waals surface area contributed by atoms with Gasteiger partial charge in [-0.3, -0.25) is 0 Å². The van der Waals surface area contributed by atoms with Crippen LogP contribution in [0.3, 0.4) is 0 Å². The molecule has 0 amide bonds. The zero-order valence-corrected chi connectivity index (χ0v) is 38.7. The van der Waals surface area contributed by atoms with E-state index >= 15 is 0 Å². The Bertz CT molecular complexity index is 1350. The van der Waals surface area contributed by atoms with Gasteiger partial charge in [-0.05, 0) is 129 Å². The van der Waals surface area contributed by atoms with Crippen molar-refractivity contribution in [2.45, 2.75) is 201 Å². The molecule has 0 bridgehead atoms. The number of carbonyl (C=O) groups excluding carboxylic acids is 1. The van der Waals surface area contributed by atoms with E-state index in [9.17, 15) is 9.90 Å². The predicted molar refractivity (Wildman–Crippen MR) is 227 cm³/mol. The van der Waals surface area contributed by atoms with Gasteiger partial charge in [0.05, 0.1) is 18.8 Å². The topological polar surface area (TPSA) is 74.2 Å². The quantitative estimate of drug-likeness (QED) is 0.0820. The third kappa shape index (κ3) is 11.6. The summed E-state index contributed by atoms with van der Waals surface area (Å²) in [6.45, 7) is 38.7. The summed E-state index contributed by atoms with van der Waals surface area (Å²) in [5.74, 6) is 1.33. The minimum atomic E-state index is -2.03. The lowest BCUT2D eigenvalue weighted by molar-refractivity contribution is -0.0671. The van der Waals surface area contributed by atoms with Gasteiger partial charge in [-0.1, -0.05) is 112 Å².